The van der Waals surface area contributed by atoms with Crippen LogP contribution < -0.4 is 0 Å². The molecule has 0 spiro atoms. The van der Waals surface area contributed by atoms with Crippen LogP contribution in [0.2, 0.25) is 0 Å². The molecule has 21 heavy (non-hydrogen) atoms. The second kappa shape index (κ2) is 5.93. The predicted octanol–water partition coefficient (Wildman–Crippen LogP) is 3.41. The largest absolute Gasteiger partial charge is 0.481 e. The van der Waals surface area contributed by atoms with E-state index in [0.29, 0.717) is 0 Å². The van der Waals surface area contributed by atoms with Crippen molar-refractivity contribution in [2.45, 2.75) is 16.3 Å². The maximum absolute atomic E-state index is 10.7. The Hall–Kier alpha value is -2.40. The van der Waals surface area contributed by atoms with Crippen LogP contribution in [0.25, 0.3) is 10.8 Å². The topological polar surface area (TPSA) is 63.1 Å². The number of carbonyl (C=O) groups is 1. The lowest BCUT2D eigenvalue weighted by atomic mass is 10.2. The molecule has 2 aromatic carbocycles. The van der Waals surface area contributed by atoms with Crippen LogP contribution in [0.3, 0.4) is 0 Å². The Morgan fingerprint density at radius 2 is 1.86 bits per heavy atom. The summed E-state index contributed by atoms with van der Waals surface area (Å²) in [7, 11) is 0. The number of aliphatic carboxylic acids is 1. The van der Waals surface area contributed by atoms with Crippen molar-refractivity contribution >= 4 is 28.5 Å². The molecule has 0 saturated carbocycles. The van der Waals surface area contributed by atoms with E-state index in [9.17, 15) is 4.79 Å². The zero-order valence-electron chi connectivity index (χ0n) is 11.1. The zero-order valence-corrected chi connectivity index (χ0v) is 11.9. The Balaban J connectivity index is 1.87. The van der Waals surface area contributed by atoms with Crippen LogP contribution in [0.4, 0.5) is 0 Å². The second-order valence-electron chi connectivity index (χ2n) is 4.55. The smallest absolute Gasteiger partial charge is 0.307 e. The van der Waals surface area contributed by atoms with E-state index in [-0.39, 0.29) is 6.42 Å². The number of aromatic nitrogens is 2. The summed E-state index contributed by atoms with van der Waals surface area (Å²) in [6.45, 7) is 0. The molecule has 0 aliphatic carbocycles. The normalized spacial score (nSPS) is 10.7. The Kier molecular flexibility index (Phi) is 3.83. The van der Waals surface area contributed by atoms with Gasteiger partial charge in [-0.2, -0.15) is 5.10 Å². The van der Waals surface area contributed by atoms with Gasteiger partial charge in [0.2, 0.25) is 0 Å². The van der Waals surface area contributed by atoms with Gasteiger partial charge in [-0.05, 0) is 17.7 Å². The van der Waals surface area contributed by atoms with Crippen LogP contribution in [0, 0.1) is 0 Å². The monoisotopic (exact) mass is 296 g/mol. The van der Waals surface area contributed by atoms with E-state index in [4.69, 9.17) is 5.11 Å². The Morgan fingerprint density at radius 1 is 1.10 bits per heavy atom. The first kappa shape index (κ1) is 13.6. The number of rotatable bonds is 4. The predicted molar refractivity (Wildman–Crippen MR) is 81.4 cm³/mol. The molecule has 1 N–H and O–H groups in total. The number of hydrogen-bond acceptors (Lipinski definition) is 4. The molecule has 0 saturated heterocycles. The highest BCUT2D eigenvalue weighted by atomic mass is 32.2. The fraction of sp³-hybridized carbons (Fsp3) is 0.0625. The van der Waals surface area contributed by atoms with Crippen molar-refractivity contribution in [1.29, 1.82) is 0 Å². The van der Waals surface area contributed by atoms with Crippen LogP contribution in [0.1, 0.15) is 5.56 Å². The molecule has 104 valence electrons. The average Bonchev–Trinajstić information content (AvgIpc) is 2.49. The van der Waals surface area contributed by atoms with E-state index >= 15 is 0 Å². The third-order valence-corrected chi connectivity index (χ3v) is 4.03. The maximum atomic E-state index is 10.7. The highest BCUT2D eigenvalue weighted by Gasteiger charge is 2.06. The lowest BCUT2D eigenvalue weighted by Crippen LogP contribution is -1.99. The molecule has 0 bridgehead atoms. The first-order valence-corrected chi connectivity index (χ1v) is 7.23. The van der Waals surface area contributed by atoms with Gasteiger partial charge < -0.3 is 5.11 Å². The van der Waals surface area contributed by atoms with Gasteiger partial charge >= 0.3 is 5.97 Å². The summed E-state index contributed by atoms with van der Waals surface area (Å²) in [6.07, 6.45) is 1.79. The molecule has 1 heterocycles. The van der Waals surface area contributed by atoms with Gasteiger partial charge in [-0.25, -0.2) is 0 Å². The fourth-order valence-corrected chi connectivity index (χ4v) is 2.92. The Bertz CT molecular complexity index is 782. The van der Waals surface area contributed by atoms with Crippen molar-refractivity contribution in [3.8, 4) is 0 Å². The van der Waals surface area contributed by atoms with E-state index in [2.05, 4.69) is 10.2 Å². The van der Waals surface area contributed by atoms with E-state index < -0.39 is 5.97 Å². The summed E-state index contributed by atoms with van der Waals surface area (Å²) in [4.78, 5) is 11.7. The molecular weight excluding hydrogens is 284 g/mol. The van der Waals surface area contributed by atoms with Gasteiger partial charge in [-0.1, -0.05) is 48.2 Å². The fourth-order valence-electron chi connectivity index (χ4n) is 2.04. The maximum Gasteiger partial charge on any atom is 0.307 e. The minimum Gasteiger partial charge on any atom is -0.481 e. The zero-order chi connectivity index (χ0) is 14.7. The number of carboxylic acid groups (broad SMARTS) is 1. The lowest BCUT2D eigenvalue weighted by molar-refractivity contribution is -0.136. The van der Waals surface area contributed by atoms with Gasteiger partial charge in [0.25, 0.3) is 0 Å². The number of fused-ring (bicyclic) bond motifs is 1. The molecule has 3 rings (SSSR count). The first-order valence-electron chi connectivity index (χ1n) is 6.41. The molecule has 0 unspecified atom stereocenters. The third kappa shape index (κ3) is 3.20. The van der Waals surface area contributed by atoms with Gasteiger partial charge in [-0.3, -0.25) is 4.79 Å². The Morgan fingerprint density at radius 3 is 2.62 bits per heavy atom. The van der Waals surface area contributed by atoms with Crippen LogP contribution in [0.5, 0.6) is 0 Å². The number of carboxylic acids is 1. The molecule has 0 aliphatic heterocycles. The van der Waals surface area contributed by atoms with Gasteiger partial charge in [-0.15, -0.1) is 5.10 Å². The Labute approximate surface area is 125 Å². The van der Waals surface area contributed by atoms with Gasteiger partial charge in [0.05, 0.1) is 12.6 Å². The third-order valence-electron chi connectivity index (χ3n) is 3.03. The summed E-state index contributed by atoms with van der Waals surface area (Å²) >= 11 is 1.52. The number of nitrogens with zero attached hydrogens (tertiary/aromatic N) is 2. The van der Waals surface area contributed by atoms with Crippen molar-refractivity contribution in [3.63, 3.8) is 0 Å². The van der Waals surface area contributed by atoms with Gasteiger partial charge in [0.15, 0.2) is 0 Å². The van der Waals surface area contributed by atoms with Gasteiger partial charge in [0, 0.05) is 15.7 Å². The van der Waals surface area contributed by atoms with Crippen LogP contribution in [0.15, 0.2) is 64.6 Å². The molecular formula is C16H12N2O2S. The molecule has 1 aromatic heterocycles. The SMILES string of the molecule is O=C(O)Cc1ccc(Sc2nncc3ccccc23)cc1. The average molecular weight is 296 g/mol. The lowest BCUT2D eigenvalue weighted by Gasteiger charge is -2.05. The van der Waals surface area contributed by atoms with Crippen molar-refractivity contribution in [2.75, 3.05) is 0 Å². The summed E-state index contributed by atoms with van der Waals surface area (Å²) in [5.41, 5.74) is 0.788. The molecule has 5 heteroatoms. The molecule has 0 radical (unpaired) electrons. The summed E-state index contributed by atoms with van der Waals surface area (Å²) in [5, 5.41) is 19.9. The van der Waals surface area contributed by atoms with Gasteiger partial charge in [0.1, 0.15) is 5.03 Å². The summed E-state index contributed by atoms with van der Waals surface area (Å²) < 4.78 is 0. The molecule has 3 aromatic rings. The quantitative estimate of drug-likeness (QED) is 0.799. The van der Waals surface area contributed by atoms with E-state index in [0.717, 1.165) is 26.3 Å². The minimum atomic E-state index is -0.824. The molecule has 4 nitrogen and oxygen atoms in total. The molecule has 0 fully saturated rings. The van der Waals surface area contributed by atoms with E-state index in [1.54, 1.807) is 6.20 Å². The first-order chi connectivity index (χ1) is 10.2. The van der Waals surface area contributed by atoms with Crippen molar-refractivity contribution in [1.82, 2.24) is 10.2 Å². The van der Waals surface area contributed by atoms with E-state index in [1.807, 2.05) is 48.5 Å². The van der Waals surface area contributed by atoms with Crippen LogP contribution >= 0.6 is 11.8 Å². The second-order valence-corrected chi connectivity index (χ2v) is 5.62. The number of benzene rings is 2. The van der Waals surface area contributed by atoms with Crippen molar-refractivity contribution < 1.29 is 9.90 Å². The summed E-state index contributed by atoms with van der Waals surface area (Å²) in [6, 6.07) is 15.4. The highest BCUT2D eigenvalue weighted by molar-refractivity contribution is 7.99. The van der Waals surface area contributed by atoms with Crippen molar-refractivity contribution in [3.05, 3.63) is 60.3 Å². The summed E-state index contributed by atoms with van der Waals surface area (Å²) in [5.74, 6) is -0.824. The van der Waals surface area contributed by atoms with Crippen LogP contribution in [-0.4, -0.2) is 21.3 Å². The van der Waals surface area contributed by atoms with Crippen molar-refractivity contribution in [2.24, 2.45) is 0 Å². The van der Waals surface area contributed by atoms with E-state index in [1.165, 1.54) is 11.8 Å². The molecule has 0 aliphatic rings. The van der Waals surface area contributed by atoms with Crippen LogP contribution in [-0.2, 0) is 11.2 Å². The highest BCUT2D eigenvalue weighted by Crippen LogP contribution is 2.31. The number of hydrogen-bond donors (Lipinski definition) is 1. The molecule has 0 atom stereocenters. The minimum absolute atomic E-state index is 0.0407. The standard InChI is InChI=1S/C16H12N2O2S/c19-15(20)9-11-5-7-13(8-6-11)21-16-14-4-2-1-3-12(14)10-17-18-16/h1-8,10H,9H2,(H,19,20). The molecule has 0 amide bonds.